The van der Waals surface area contributed by atoms with Gasteiger partial charge in [-0.25, -0.2) is 4.68 Å². The first kappa shape index (κ1) is 17.7. The highest BCUT2D eigenvalue weighted by atomic mass is 32.2. The molecule has 0 radical (unpaired) electrons. The van der Waals surface area contributed by atoms with Gasteiger partial charge in [-0.2, -0.15) is 0 Å². The normalized spacial score (nSPS) is 23.7. The highest BCUT2D eigenvalue weighted by molar-refractivity contribution is 8.00. The van der Waals surface area contributed by atoms with Crippen molar-refractivity contribution in [3.8, 4) is 0 Å². The number of aromatic nitrogens is 3. The lowest BCUT2D eigenvalue weighted by molar-refractivity contribution is 0.0911. The Morgan fingerprint density at radius 2 is 1.96 bits per heavy atom. The lowest BCUT2D eigenvalue weighted by Gasteiger charge is -2.13. The first-order chi connectivity index (χ1) is 11.0. The summed E-state index contributed by atoms with van der Waals surface area (Å²) in [5.41, 5.74) is 0.0291. The molecule has 9 nitrogen and oxygen atoms in total. The van der Waals surface area contributed by atoms with Gasteiger partial charge in [0.25, 0.3) is 11.8 Å². The molecule has 0 aromatic carbocycles. The van der Waals surface area contributed by atoms with Gasteiger partial charge in [-0.15, -0.1) is 16.9 Å². The number of carbonyl (C=O) groups excluding carboxylic acids is 2. The van der Waals surface area contributed by atoms with Crippen LogP contribution in [0, 0.1) is 0 Å². The quantitative estimate of drug-likeness (QED) is 0.528. The Labute approximate surface area is 137 Å². The van der Waals surface area contributed by atoms with Crippen molar-refractivity contribution in [1.29, 1.82) is 0 Å². The van der Waals surface area contributed by atoms with Crippen LogP contribution in [-0.2, 0) is 0 Å². The Balaban J connectivity index is 2.36. The van der Waals surface area contributed by atoms with Crippen LogP contribution in [0.15, 0.2) is 0 Å². The van der Waals surface area contributed by atoms with E-state index >= 15 is 0 Å². The predicted octanol–water partition coefficient (Wildman–Crippen LogP) is -0.865. The minimum atomic E-state index is -0.700. The third kappa shape index (κ3) is 3.65. The minimum absolute atomic E-state index is 0.0414. The monoisotopic (exact) mass is 343 g/mol. The van der Waals surface area contributed by atoms with Gasteiger partial charge in [0.15, 0.2) is 11.4 Å². The van der Waals surface area contributed by atoms with E-state index < -0.39 is 17.9 Å². The van der Waals surface area contributed by atoms with Crippen molar-refractivity contribution >= 4 is 23.6 Å². The zero-order chi connectivity index (χ0) is 17.0. The van der Waals surface area contributed by atoms with Crippen molar-refractivity contribution in [1.82, 2.24) is 25.6 Å². The molecular formula is C13H21N5O4S. The van der Waals surface area contributed by atoms with Gasteiger partial charge in [0.2, 0.25) is 0 Å². The summed E-state index contributed by atoms with van der Waals surface area (Å²) in [4.78, 5) is 24.4. The van der Waals surface area contributed by atoms with Crippen molar-refractivity contribution in [2.24, 2.45) is 0 Å². The van der Waals surface area contributed by atoms with E-state index in [1.54, 1.807) is 13.8 Å². The SMILES string of the molecule is CCNC(=O)c1nnn([C@H]2C[C@H](O)[C@@H](CO)S2)c1C(=O)NCC. The number of hydrogen-bond donors (Lipinski definition) is 4. The first-order valence-electron chi connectivity index (χ1n) is 7.49. The Morgan fingerprint density at radius 1 is 1.30 bits per heavy atom. The van der Waals surface area contributed by atoms with Crippen molar-refractivity contribution in [2.45, 2.75) is 37.0 Å². The second-order valence-corrected chi connectivity index (χ2v) is 6.49. The van der Waals surface area contributed by atoms with Gasteiger partial charge in [-0.3, -0.25) is 9.59 Å². The summed E-state index contributed by atoms with van der Waals surface area (Å²) in [6.45, 7) is 4.18. The fourth-order valence-electron chi connectivity index (χ4n) is 2.38. The first-order valence-corrected chi connectivity index (χ1v) is 8.43. The maximum absolute atomic E-state index is 12.3. The fraction of sp³-hybridized carbons (Fsp3) is 0.692. The molecule has 1 aliphatic rings. The summed E-state index contributed by atoms with van der Waals surface area (Å²) in [5.74, 6) is -0.913. The van der Waals surface area contributed by atoms with Gasteiger partial charge in [-0.05, 0) is 13.8 Å². The molecule has 10 heteroatoms. The molecule has 0 saturated carbocycles. The number of hydrogen-bond acceptors (Lipinski definition) is 7. The number of rotatable bonds is 6. The van der Waals surface area contributed by atoms with Crippen molar-refractivity contribution < 1.29 is 19.8 Å². The van der Waals surface area contributed by atoms with Crippen molar-refractivity contribution in [3.63, 3.8) is 0 Å². The van der Waals surface area contributed by atoms with Crippen LogP contribution < -0.4 is 10.6 Å². The number of aliphatic hydroxyl groups excluding tert-OH is 2. The minimum Gasteiger partial charge on any atom is -0.395 e. The average Bonchev–Trinajstić information content (AvgIpc) is 3.10. The highest BCUT2D eigenvalue weighted by Crippen LogP contribution is 2.41. The van der Waals surface area contributed by atoms with E-state index in [1.807, 2.05) is 0 Å². The van der Waals surface area contributed by atoms with Gasteiger partial charge < -0.3 is 20.8 Å². The van der Waals surface area contributed by atoms with Crippen LogP contribution in [0.1, 0.15) is 46.6 Å². The van der Waals surface area contributed by atoms with Crippen LogP contribution in [0.25, 0.3) is 0 Å². The van der Waals surface area contributed by atoms with E-state index in [1.165, 1.54) is 16.4 Å². The average molecular weight is 343 g/mol. The number of nitrogens with one attached hydrogen (secondary N) is 2. The van der Waals surface area contributed by atoms with Gasteiger partial charge in [-0.1, -0.05) is 5.21 Å². The topological polar surface area (TPSA) is 129 Å². The molecule has 2 heterocycles. The maximum Gasteiger partial charge on any atom is 0.274 e. The molecule has 2 rings (SSSR count). The number of carbonyl (C=O) groups is 2. The summed E-state index contributed by atoms with van der Waals surface area (Å²) >= 11 is 1.31. The standard InChI is InChI=1S/C13H21N5O4S/c1-3-14-12(21)10-11(13(22)15-4-2)18(17-16-10)9-5-7(20)8(6-19)23-9/h7-9,19-20H,3-6H2,1-2H3,(H,14,21)(H,15,22)/t7-,8+,9+/m0/s1. The molecule has 0 spiro atoms. The molecule has 4 N–H and O–H groups in total. The largest absolute Gasteiger partial charge is 0.395 e. The molecule has 0 unspecified atom stereocenters. The lowest BCUT2D eigenvalue weighted by atomic mass is 10.2. The molecular weight excluding hydrogens is 322 g/mol. The van der Waals surface area contributed by atoms with E-state index in [2.05, 4.69) is 20.9 Å². The third-order valence-corrected chi connectivity index (χ3v) is 4.98. The Bertz CT molecular complexity index is 579. The number of amides is 2. The summed E-state index contributed by atoms with van der Waals surface area (Å²) in [6, 6.07) is 0. The number of thioether (sulfide) groups is 1. The van der Waals surface area contributed by atoms with Crippen LogP contribution in [-0.4, -0.2) is 68.1 Å². The highest BCUT2D eigenvalue weighted by Gasteiger charge is 2.38. The van der Waals surface area contributed by atoms with E-state index in [9.17, 15) is 19.8 Å². The molecule has 23 heavy (non-hydrogen) atoms. The van der Waals surface area contributed by atoms with E-state index in [-0.39, 0.29) is 28.6 Å². The summed E-state index contributed by atoms with van der Waals surface area (Å²) in [7, 11) is 0. The molecule has 2 amide bonds. The molecule has 3 atom stereocenters. The zero-order valence-corrected chi connectivity index (χ0v) is 13.8. The number of aliphatic hydroxyl groups is 2. The van der Waals surface area contributed by atoms with E-state index in [4.69, 9.17) is 0 Å². The van der Waals surface area contributed by atoms with Crippen LogP contribution in [0.3, 0.4) is 0 Å². The smallest absolute Gasteiger partial charge is 0.274 e. The second-order valence-electron chi connectivity index (χ2n) is 5.06. The summed E-state index contributed by atoms with van der Waals surface area (Å²) in [5, 5.41) is 31.5. The van der Waals surface area contributed by atoms with Crippen molar-refractivity contribution in [3.05, 3.63) is 11.4 Å². The molecule has 1 aromatic rings. The van der Waals surface area contributed by atoms with Crippen LogP contribution in [0.5, 0.6) is 0 Å². The third-order valence-electron chi connectivity index (χ3n) is 3.46. The molecule has 0 aliphatic carbocycles. The lowest BCUT2D eigenvalue weighted by Crippen LogP contribution is -2.31. The molecule has 0 bridgehead atoms. The van der Waals surface area contributed by atoms with Crippen LogP contribution >= 0.6 is 11.8 Å². The Morgan fingerprint density at radius 3 is 2.52 bits per heavy atom. The molecule has 1 saturated heterocycles. The summed E-state index contributed by atoms with van der Waals surface area (Å²) < 4.78 is 1.36. The van der Waals surface area contributed by atoms with Crippen LogP contribution in [0.4, 0.5) is 0 Å². The van der Waals surface area contributed by atoms with E-state index in [0.717, 1.165) is 0 Å². The molecule has 128 valence electrons. The van der Waals surface area contributed by atoms with Gasteiger partial charge in [0.1, 0.15) is 5.37 Å². The second kappa shape index (κ2) is 7.75. The molecule has 1 aliphatic heterocycles. The number of nitrogens with zero attached hydrogens (tertiary/aromatic N) is 3. The predicted molar refractivity (Wildman–Crippen MR) is 84.2 cm³/mol. The Kier molecular flexibility index (Phi) is 5.97. The fourth-order valence-corrected chi connectivity index (χ4v) is 3.73. The molecule has 1 aromatic heterocycles. The Hall–Kier alpha value is -1.65. The molecule has 1 fully saturated rings. The van der Waals surface area contributed by atoms with E-state index in [0.29, 0.717) is 19.5 Å². The van der Waals surface area contributed by atoms with Crippen LogP contribution in [0.2, 0.25) is 0 Å². The maximum atomic E-state index is 12.3. The summed E-state index contributed by atoms with van der Waals surface area (Å²) in [6.07, 6.45) is -0.380. The van der Waals surface area contributed by atoms with Crippen molar-refractivity contribution in [2.75, 3.05) is 19.7 Å². The zero-order valence-electron chi connectivity index (χ0n) is 13.0. The van der Waals surface area contributed by atoms with Gasteiger partial charge in [0, 0.05) is 19.5 Å². The van der Waals surface area contributed by atoms with Gasteiger partial charge >= 0.3 is 0 Å². The van der Waals surface area contributed by atoms with Gasteiger partial charge in [0.05, 0.1) is 18.0 Å².